The molecule has 1 aromatic carbocycles. The Kier molecular flexibility index (Phi) is 6.51. The summed E-state index contributed by atoms with van der Waals surface area (Å²) in [6.07, 6.45) is 7.56. The molecule has 200 valence electrons. The van der Waals surface area contributed by atoms with Crippen molar-refractivity contribution in [3.63, 3.8) is 0 Å². The summed E-state index contributed by atoms with van der Waals surface area (Å²) in [5.41, 5.74) is 4.76. The number of ether oxygens (including phenoxy) is 1. The molecule has 2 aliphatic heterocycles. The third-order valence-electron chi connectivity index (χ3n) is 8.61. The van der Waals surface area contributed by atoms with Gasteiger partial charge < -0.3 is 19.0 Å². The van der Waals surface area contributed by atoms with Crippen LogP contribution in [0.2, 0.25) is 0 Å². The normalized spacial score (nSPS) is 24.5. The highest BCUT2D eigenvalue weighted by atomic mass is 16.7. The van der Waals surface area contributed by atoms with Crippen LogP contribution in [-0.2, 0) is 26.9 Å². The largest absolute Gasteiger partial charge is 0.495 e. The summed E-state index contributed by atoms with van der Waals surface area (Å²) in [4.78, 5) is 23.4. The number of nitrogens with one attached hydrogen (secondary N) is 1. The maximum atomic E-state index is 13.1. The van der Waals surface area contributed by atoms with Crippen molar-refractivity contribution >= 4 is 18.7 Å². The van der Waals surface area contributed by atoms with Crippen molar-refractivity contribution in [3.8, 4) is 11.3 Å². The van der Waals surface area contributed by atoms with E-state index in [1.807, 2.05) is 31.9 Å². The van der Waals surface area contributed by atoms with Crippen LogP contribution in [0.5, 0.6) is 0 Å². The van der Waals surface area contributed by atoms with Gasteiger partial charge in [0.25, 0.3) is 0 Å². The average molecular weight is 507 g/mol. The Bertz CT molecular complexity index is 1170. The smallest absolute Gasteiger partial charge is 0.444 e. The molecule has 3 heterocycles. The number of benzene rings is 1. The molecule has 2 fully saturated rings. The number of carbonyl (C=O) groups excluding carboxylic acids is 1. The van der Waals surface area contributed by atoms with Gasteiger partial charge in [0.15, 0.2) is 0 Å². The molecule has 0 spiro atoms. The highest BCUT2D eigenvalue weighted by Crippen LogP contribution is 2.40. The molecule has 1 aliphatic carbocycles. The van der Waals surface area contributed by atoms with Crippen LogP contribution < -0.4 is 5.46 Å². The van der Waals surface area contributed by atoms with Crippen LogP contribution >= 0.6 is 0 Å². The van der Waals surface area contributed by atoms with Crippen LogP contribution in [0.4, 0.5) is 4.79 Å². The zero-order chi connectivity index (χ0) is 26.8. The molecule has 1 amide bonds. The summed E-state index contributed by atoms with van der Waals surface area (Å²) in [7, 11) is -0.352. The lowest BCUT2D eigenvalue weighted by Crippen LogP contribution is -2.41. The van der Waals surface area contributed by atoms with Crippen LogP contribution in [-0.4, -0.2) is 50.9 Å². The van der Waals surface area contributed by atoms with Gasteiger partial charge in [-0.15, -0.1) is 0 Å². The molecule has 1 aromatic heterocycles. The van der Waals surface area contributed by atoms with Gasteiger partial charge in [0.05, 0.1) is 29.1 Å². The van der Waals surface area contributed by atoms with E-state index >= 15 is 0 Å². The van der Waals surface area contributed by atoms with Gasteiger partial charge in [0, 0.05) is 11.6 Å². The monoisotopic (exact) mass is 507 g/mol. The van der Waals surface area contributed by atoms with Gasteiger partial charge in [-0.05, 0) is 104 Å². The molecule has 7 nitrogen and oxygen atoms in total. The Morgan fingerprint density at radius 3 is 2.46 bits per heavy atom. The molecule has 2 aromatic rings. The summed E-state index contributed by atoms with van der Waals surface area (Å²) < 4.78 is 18.6. The highest BCUT2D eigenvalue weighted by Gasteiger charge is 2.52. The molecule has 0 unspecified atom stereocenters. The van der Waals surface area contributed by atoms with E-state index in [4.69, 9.17) is 19.0 Å². The van der Waals surface area contributed by atoms with E-state index < -0.39 is 5.60 Å². The van der Waals surface area contributed by atoms with E-state index in [0.717, 1.165) is 55.5 Å². The average Bonchev–Trinajstić information content (AvgIpc) is 3.57. The minimum absolute atomic E-state index is 0.106. The van der Waals surface area contributed by atoms with Crippen LogP contribution in [0, 0.1) is 0 Å². The quantitative estimate of drug-likeness (QED) is 0.536. The number of likely N-dealkylation sites (tertiary alicyclic amines) is 1. The Morgan fingerprint density at radius 1 is 1.14 bits per heavy atom. The van der Waals surface area contributed by atoms with Crippen molar-refractivity contribution in [3.05, 3.63) is 35.3 Å². The van der Waals surface area contributed by atoms with Gasteiger partial charge in [-0.3, -0.25) is 4.90 Å². The fraction of sp³-hybridized carbons (Fsp3) is 0.655. The number of H-pyrrole nitrogens is 1. The van der Waals surface area contributed by atoms with Gasteiger partial charge in [0.1, 0.15) is 11.4 Å². The number of aromatic nitrogens is 2. The topological polar surface area (TPSA) is 76.7 Å². The lowest BCUT2D eigenvalue weighted by Gasteiger charge is -2.32. The lowest BCUT2D eigenvalue weighted by molar-refractivity contribution is 0.00578. The second-order valence-electron chi connectivity index (χ2n) is 12.8. The predicted molar refractivity (Wildman–Crippen MR) is 146 cm³/mol. The van der Waals surface area contributed by atoms with Crippen LogP contribution in [0.25, 0.3) is 11.3 Å². The molecular weight excluding hydrogens is 465 g/mol. The van der Waals surface area contributed by atoms with Crippen molar-refractivity contribution < 1.29 is 18.8 Å². The van der Waals surface area contributed by atoms with Crippen LogP contribution in [0.3, 0.4) is 0 Å². The second kappa shape index (κ2) is 9.16. The van der Waals surface area contributed by atoms with Gasteiger partial charge in [0.2, 0.25) is 0 Å². The lowest BCUT2D eigenvalue weighted by atomic mass is 9.74. The third-order valence-corrected chi connectivity index (χ3v) is 8.61. The number of nitrogens with zero attached hydrogens (tertiary/aromatic N) is 2. The van der Waals surface area contributed by atoms with Gasteiger partial charge in [-0.25, -0.2) is 9.78 Å². The van der Waals surface area contributed by atoms with Gasteiger partial charge in [-0.2, -0.15) is 0 Å². The summed E-state index contributed by atoms with van der Waals surface area (Å²) in [5, 5.41) is 0. The van der Waals surface area contributed by atoms with Crippen molar-refractivity contribution in [1.82, 2.24) is 14.9 Å². The minimum atomic E-state index is -0.531. The Balaban J connectivity index is 1.43. The molecule has 3 aliphatic rings. The molecule has 2 atom stereocenters. The van der Waals surface area contributed by atoms with Crippen molar-refractivity contribution in [1.29, 1.82) is 0 Å². The zero-order valence-corrected chi connectivity index (χ0v) is 23.7. The number of aromatic amines is 1. The summed E-state index contributed by atoms with van der Waals surface area (Å²) in [6, 6.07) is 4.40. The summed E-state index contributed by atoms with van der Waals surface area (Å²) in [6.45, 7) is 16.3. The number of hydrogen-bond acceptors (Lipinski definition) is 5. The van der Waals surface area contributed by atoms with E-state index in [1.165, 1.54) is 16.7 Å². The fourth-order valence-electron chi connectivity index (χ4n) is 5.96. The molecule has 0 radical (unpaired) electrons. The van der Waals surface area contributed by atoms with E-state index in [2.05, 4.69) is 51.7 Å². The number of hydrogen-bond donors (Lipinski definition) is 1. The first-order valence-corrected chi connectivity index (χ1v) is 13.9. The Hall–Kier alpha value is -2.32. The third kappa shape index (κ3) is 4.72. The maximum absolute atomic E-state index is 13.1. The van der Waals surface area contributed by atoms with E-state index in [-0.39, 0.29) is 36.5 Å². The summed E-state index contributed by atoms with van der Waals surface area (Å²) >= 11 is 0. The first-order valence-electron chi connectivity index (χ1n) is 13.9. The second-order valence-corrected chi connectivity index (χ2v) is 12.8. The molecule has 8 heteroatoms. The van der Waals surface area contributed by atoms with Gasteiger partial charge >= 0.3 is 13.2 Å². The summed E-state index contributed by atoms with van der Waals surface area (Å²) in [5.74, 6) is 0.832. The zero-order valence-electron chi connectivity index (χ0n) is 23.7. The molecule has 2 saturated heterocycles. The van der Waals surface area contributed by atoms with Gasteiger partial charge in [-0.1, -0.05) is 19.1 Å². The number of rotatable bonds is 4. The molecule has 5 rings (SSSR count). The van der Waals surface area contributed by atoms with Crippen molar-refractivity contribution in [2.75, 3.05) is 0 Å². The van der Waals surface area contributed by atoms with E-state index in [1.54, 1.807) is 0 Å². The van der Waals surface area contributed by atoms with Crippen molar-refractivity contribution in [2.45, 2.75) is 123 Å². The minimum Gasteiger partial charge on any atom is -0.444 e. The number of imidazole rings is 1. The Morgan fingerprint density at radius 2 is 1.81 bits per heavy atom. The molecular formula is C29H42BN3O4. The number of fused-ring (bicyclic) bond motifs is 1. The fourth-order valence-corrected chi connectivity index (χ4v) is 5.96. The molecule has 0 bridgehead atoms. The SMILES string of the molecule is CC[C@H]1CC[C@@H](c2ncc(-c3ccc(B4OC(C)(C)C(C)(C)O4)c4c3CCC4)[nH]2)N1C(=O)OC(C)(C)C. The van der Waals surface area contributed by atoms with E-state index in [0.29, 0.717) is 0 Å². The van der Waals surface area contributed by atoms with Crippen LogP contribution in [0.1, 0.15) is 104 Å². The van der Waals surface area contributed by atoms with Crippen molar-refractivity contribution in [2.24, 2.45) is 0 Å². The van der Waals surface area contributed by atoms with E-state index in [9.17, 15) is 4.79 Å². The number of amides is 1. The predicted octanol–water partition coefficient (Wildman–Crippen LogP) is 5.72. The standard InChI is InChI=1S/C29H42BN3O4/c1-9-18-13-16-24(33(18)26(34)35-27(2,3)4)25-31-17-23(32-25)21-14-15-22(20-12-10-11-19(20)21)30-36-28(5,6)29(7,8)37-30/h14-15,17-18,24H,9-13,16H2,1-8H3,(H,31,32)/t18-,24-/m0/s1. The molecule has 1 N–H and O–H groups in total. The molecule has 37 heavy (non-hydrogen) atoms. The van der Waals surface area contributed by atoms with Crippen LogP contribution in [0.15, 0.2) is 18.3 Å². The Labute approximate surface area is 221 Å². The first-order chi connectivity index (χ1) is 17.3. The maximum Gasteiger partial charge on any atom is 0.495 e. The first kappa shape index (κ1) is 26.3. The number of carbonyl (C=O) groups is 1. The highest BCUT2D eigenvalue weighted by molar-refractivity contribution is 6.62. The molecule has 0 saturated carbocycles.